The normalized spacial score (nSPS) is 31.7. The molecule has 0 aromatic carbocycles. The van der Waals surface area contributed by atoms with Crippen LogP contribution in [0.3, 0.4) is 0 Å². The number of rotatable bonds is 3. The highest BCUT2D eigenvalue weighted by atomic mass is 32.1. The Morgan fingerprint density at radius 2 is 2.40 bits per heavy atom. The lowest BCUT2D eigenvalue weighted by Gasteiger charge is -2.34. The fraction of sp³-hybridized carbons (Fsp3) is 0.750. The molecule has 0 spiro atoms. The molecular weight excluding hydrogens is 204 g/mol. The van der Waals surface area contributed by atoms with E-state index in [4.69, 9.17) is 0 Å². The van der Waals surface area contributed by atoms with Crippen molar-refractivity contribution in [2.75, 3.05) is 6.54 Å². The Hall–Kier alpha value is -0.410. The average Bonchev–Trinajstić information content (AvgIpc) is 2.74. The first kappa shape index (κ1) is 11.1. The summed E-state index contributed by atoms with van der Waals surface area (Å²) < 4.78 is 4.22. The van der Waals surface area contributed by atoms with E-state index in [2.05, 4.69) is 29.6 Å². The van der Waals surface area contributed by atoms with E-state index in [1.165, 1.54) is 24.1 Å². The summed E-state index contributed by atoms with van der Waals surface area (Å²) in [7, 11) is 0. The van der Waals surface area contributed by atoms with Crippen molar-refractivity contribution in [3.8, 4) is 0 Å². The van der Waals surface area contributed by atoms with Gasteiger partial charge in [-0.2, -0.15) is 0 Å². The summed E-state index contributed by atoms with van der Waals surface area (Å²) in [6.45, 7) is 5.67. The average molecular weight is 224 g/mol. The van der Waals surface area contributed by atoms with Crippen molar-refractivity contribution >= 4 is 11.5 Å². The van der Waals surface area contributed by atoms with E-state index in [0.29, 0.717) is 0 Å². The van der Waals surface area contributed by atoms with Crippen molar-refractivity contribution in [3.63, 3.8) is 0 Å². The quantitative estimate of drug-likeness (QED) is 0.853. The van der Waals surface area contributed by atoms with Crippen molar-refractivity contribution in [1.82, 2.24) is 9.69 Å². The fourth-order valence-corrected chi connectivity index (χ4v) is 3.44. The standard InChI is InChI=1S/C12H20N2S/c1-3-13-10-5-4-9(2)11(8-10)12-6-7-14-15-12/h6-7,9-11,13H,3-5,8H2,1-2H3. The van der Waals surface area contributed by atoms with Gasteiger partial charge in [-0.1, -0.05) is 13.8 Å². The van der Waals surface area contributed by atoms with Gasteiger partial charge in [0, 0.05) is 17.1 Å². The summed E-state index contributed by atoms with van der Waals surface area (Å²) in [4.78, 5) is 1.48. The van der Waals surface area contributed by atoms with Crippen molar-refractivity contribution < 1.29 is 0 Å². The predicted molar refractivity (Wildman–Crippen MR) is 65.3 cm³/mol. The third-order valence-electron chi connectivity index (χ3n) is 3.51. The lowest BCUT2D eigenvalue weighted by Crippen LogP contribution is -2.35. The molecule has 1 fully saturated rings. The van der Waals surface area contributed by atoms with Crippen LogP contribution in [0, 0.1) is 5.92 Å². The molecule has 0 aliphatic heterocycles. The van der Waals surface area contributed by atoms with Gasteiger partial charge in [-0.3, -0.25) is 0 Å². The molecule has 84 valence electrons. The van der Waals surface area contributed by atoms with Crippen LogP contribution in [0.1, 0.15) is 43.9 Å². The molecule has 1 N–H and O–H groups in total. The summed E-state index contributed by atoms with van der Waals surface area (Å²) in [6.07, 6.45) is 5.91. The van der Waals surface area contributed by atoms with Gasteiger partial charge >= 0.3 is 0 Å². The van der Waals surface area contributed by atoms with E-state index in [-0.39, 0.29) is 0 Å². The van der Waals surface area contributed by atoms with Crippen LogP contribution in [0.4, 0.5) is 0 Å². The minimum Gasteiger partial charge on any atom is -0.314 e. The molecule has 1 aliphatic carbocycles. The van der Waals surface area contributed by atoms with Gasteiger partial charge in [0.25, 0.3) is 0 Å². The van der Waals surface area contributed by atoms with Crippen LogP contribution < -0.4 is 5.32 Å². The lowest BCUT2D eigenvalue weighted by atomic mass is 9.77. The van der Waals surface area contributed by atoms with Gasteiger partial charge in [-0.25, -0.2) is 4.37 Å². The van der Waals surface area contributed by atoms with Gasteiger partial charge in [-0.05, 0) is 55.2 Å². The Kier molecular flexibility index (Phi) is 3.76. The van der Waals surface area contributed by atoms with E-state index in [1.807, 2.05) is 6.20 Å². The van der Waals surface area contributed by atoms with Gasteiger partial charge in [0.15, 0.2) is 0 Å². The summed E-state index contributed by atoms with van der Waals surface area (Å²) in [5.41, 5.74) is 0. The monoisotopic (exact) mass is 224 g/mol. The Balaban J connectivity index is 2.02. The SMILES string of the molecule is CCNC1CCC(C)C(c2ccns2)C1. The number of hydrogen-bond acceptors (Lipinski definition) is 3. The maximum atomic E-state index is 4.22. The molecule has 3 unspecified atom stereocenters. The molecule has 0 bridgehead atoms. The molecule has 1 aromatic heterocycles. The summed E-state index contributed by atoms with van der Waals surface area (Å²) in [5, 5.41) is 3.58. The van der Waals surface area contributed by atoms with Crippen LogP contribution in [0.15, 0.2) is 12.3 Å². The number of hydrogen-bond donors (Lipinski definition) is 1. The zero-order valence-electron chi connectivity index (χ0n) is 9.57. The second kappa shape index (κ2) is 5.08. The van der Waals surface area contributed by atoms with Crippen LogP contribution in [0.2, 0.25) is 0 Å². The second-order valence-electron chi connectivity index (χ2n) is 4.57. The van der Waals surface area contributed by atoms with E-state index in [1.54, 1.807) is 11.5 Å². The zero-order valence-corrected chi connectivity index (χ0v) is 10.4. The van der Waals surface area contributed by atoms with E-state index < -0.39 is 0 Å². The Morgan fingerprint density at radius 3 is 3.07 bits per heavy atom. The van der Waals surface area contributed by atoms with Crippen molar-refractivity contribution in [2.24, 2.45) is 5.92 Å². The molecule has 1 aromatic rings. The molecule has 3 atom stereocenters. The molecule has 0 saturated heterocycles. The first-order valence-corrected chi connectivity index (χ1v) is 6.72. The molecular formula is C12H20N2S. The fourth-order valence-electron chi connectivity index (χ4n) is 2.61. The highest BCUT2D eigenvalue weighted by Gasteiger charge is 2.29. The summed E-state index contributed by atoms with van der Waals surface area (Å²) >= 11 is 1.68. The molecule has 2 rings (SSSR count). The Morgan fingerprint density at radius 1 is 1.53 bits per heavy atom. The van der Waals surface area contributed by atoms with Gasteiger partial charge in [0.05, 0.1) is 0 Å². The van der Waals surface area contributed by atoms with Crippen LogP contribution in [0.25, 0.3) is 0 Å². The minimum atomic E-state index is 0.721. The van der Waals surface area contributed by atoms with E-state index in [0.717, 1.165) is 24.4 Å². The molecule has 15 heavy (non-hydrogen) atoms. The smallest absolute Gasteiger partial charge is 0.0409 e. The first-order chi connectivity index (χ1) is 7.31. The maximum absolute atomic E-state index is 4.22. The van der Waals surface area contributed by atoms with Crippen LogP contribution in [-0.2, 0) is 0 Å². The Bertz CT molecular complexity index is 284. The third-order valence-corrected chi connectivity index (χ3v) is 4.39. The lowest BCUT2D eigenvalue weighted by molar-refractivity contribution is 0.273. The first-order valence-electron chi connectivity index (χ1n) is 5.95. The number of aromatic nitrogens is 1. The van der Waals surface area contributed by atoms with Crippen LogP contribution in [0.5, 0.6) is 0 Å². The Labute approximate surface area is 96.3 Å². The van der Waals surface area contributed by atoms with E-state index in [9.17, 15) is 0 Å². The molecule has 3 heteroatoms. The van der Waals surface area contributed by atoms with Gasteiger partial charge in [0.1, 0.15) is 0 Å². The highest BCUT2D eigenvalue weighted by molar-refractivity contribution is 7.05. The van der Waals surface area contributed by atoms with Crippen LogP contribution >= 0.6 is 11.5 Å². The maximum Gasteiger partial charge on any atom is 0.0409 e. The number of nitrogens with one attached hydrogen (secondary N) is 1. The van der Waals surface area contributed by atoms with Gasteiger partial charge in [0.2, 0.25) is 0 Å². The van der Waals surface area contributed by atoms with Crippen LogP contribution in [-0.4, -0.2) is 17.0 Å². The highest BCUT2D eigenvalue weighted by Crippen LogP contribution is 2.38. The zero-order chi connectivity index (χ0) is 10.7. The van der Waals surface area contributed by atoms with E-state index >= 15 is 0 Å². The molecule has 1 heterocycles. The second-order valence-corrected chi connectivity index (χ2v) is 5.43. The minimum absolute atomic E-state index is 0.721. The van der Waals surface area contributed by atoms with Crippen molar-refractivity contribution in [3.05, 3.63) is 17.1 Å². The molecule has 0 amide bonds. The number of nitrogens with zero attached hydrogens (tertiary/aromatic N) is 1. The van der Waals surface area contributed by atoms with Gasteiger partial charge in [-0.15, -0.1) is 0 Å². The van der Waals surface area contributed by atoms with Gasteiger partial charge < -0.3 is 5.32 Å². The molecule has 2 nitrogen and oxygen atoms in total. The topological polar surface area (TPSA) is 24.9 Å². The molecule has 1 saturated carbocycles. The third kappa shape index (κ3) is 2.58. The van der Waals surface area contributed by atoms with Crippen molar-refractivity contribution in [1.29, 1.82) is 0 Å². The summed E-state index contributed by atoms with van der Waals surface area (Å²) in [6, 6.07) is 2.92. The largest absolute Gasteiger partial charge is 0.314 e. The molecule has 0 radical (unpaired) electrons. The summed E-state index contributed by atoms with van der Waals surface area (Å²) in [5.74, 6) is 1.55. The predicted octanol–water partition coefficient (Wildman–Crippen LogP) is 3.02. The molecule has 1 aliphatic rings. The van der Waals surface area contributed by atoms with Crippen molar-refractivity contribution in [2.45, 2.75) is 45.1 Å².